The van der Waals surface area contributed by atoms with Crippen LogP contribution in [0.25, 0.3) is 0 Å². The fourth-order valence-electron chi connectivity index (χ4n) is 3.22. The van der Waals surface area contributed by atoms with Gasteiger partial charge in [-0.15, -0.1) is 11.3 Å². The predicted molar refractivity (Wildman–Crippen MR) is 90.3 cm³/mol. The smallest absolute Gasteiger partial charge is 0.223 e. The Hall–Kier alpha value is -1.81. The number of hydrogen-bond donors (Lipinski definition) is 1. The number of hydrogen-bond acceptors (Lipinski definition) is 3. The monoisotopic (exact) mass is 312 g/mol. The van der Waals surface area contributed by atoms with Crippen LogP contribution in [0.4, 0.5) is 5.69 Å². The van der Waals surface area contributed by atoms with Gasteiger partial charge in [-0.25, -0.2) is 0 Å². The molecule has 1 aliphatic carbocycles. The summed E-state index contributed by atoms with van der Waals surface area (Å²) in [6.45, 7) is 1.73. The van der Waals surface area contributed by atoms with Crippen LogP contribution in [0.3, 0.4) is 0 Å². The molecule has 4 rings (SSSR count). The van der Waals surface area contributed by atoms with Gasteiger partial charge in [-0.1, -0.05) is 24.3 Å². The van der Waals surface area contributed by atoms with E-state index in [1.807, 2.05) is 0 Å². The second-order valence-electron chi connectivity index (χ2n) is 6.12. The Bertz CT molecular complexity index is 663. The number of benzene rings is 1. The van der Waals surface area contributed by atoms with Crippen molar-refractivity contribution in [2.45, 2.75) is 25.3 Å². The lowest BCUT2D eigenvalue weighted by atomic mass is 10.1. The molecule has 114 valence electrons. The molecule has 0 radical (unpaired) electrons. The fourth-order valence-corrected chi connectivity index (χ4v) is 4.06. The van der Waals surface area contributed by atoms with Crippen LogP contribution in [0.15, 0.2) is 41.8 Å². The number of nitrogens with zero attached hydrogens (tertiary/aromatic N) is 1. The third-order valence-corrected chi connectivity index (χ3v) is 5.56. The third kappa shape index (κ3) is 2.63. The van der Waals surface area contributed by atoms with Gasteiger partial charge in [0.15, 0.2) is 0 Å². The average Bonchev–Trinajstić information content (AvgIpc) is 3.09. The number of thiophene rings is 1. The molecule has 1 saturated carbocycles. The first kappa shape index (κ1) is 13.8. The van der Waals surface area contributed by atoms with Crippen LogP contribution in [-0.2, 0) is 11.2 Å². The van der Waals surface area contributed by atoms with Crippen molar-refractivity contribution < 1.29 is 4.79 Å². The Balaban J connectivity index is 1.56. The van der Waals surface area contributed by atoms with E-state index in [0.717, 1.165) is 25.8 Å². The summed E-state index contributed by atoms with van der Waals surface area (Å²) in [4.78, 5) is 15.8. The topological polar surface area (TPSA) is 32.3 Å². The summed E-state index contributed by atoms with van der Waals surface area (Å²) in [7, 11) is 0. The summed E-state index contributed by atoms with van der Waals surface area (Å²) in [6.07, 6.45) is 3.21. The van der Waals surface area contributed by atoms with Gasteiger partial charge in [0, 0.05) is 29.6 Å². The Morgan fingerprint density at radius 1 is 1.27 bits per heavy atom. The summed E-state index contributed by atoms with van der Waals surface area (Å²) in [6, 6.07) is 13.1. The predicted octanol–water partition coefficient (Wildman–Crippen LogP) is 3.38. The van der Waals surface area contributed by atoms with E-state index < -0.39 is 0 Å². The van der Waals surface area contributed by atoms with E-state index in [2.05, 4.69) is 52.0 Å². The molecule has 4 heteroatoms. The van der Waals surface area contributed by atoms with E-state index in [9.17, 15) is 4.79 Å². The molecule has 1 N–H and O–H groups in total. The van der Waals surface area contributed by atoms with Crippen LogP contribution in [0.2, 0.25) is 0 Å². The standard InChI is InChI=1S/C18H20N2OS/c21-18(14-7-8-14)19-12-16(17-6-3-11-22-17)20-10-9-13-4-1-2-5-15(13)20/h1-6,11,14,16H,7-10,12H2,(H,19,21)/t16-/m1/s1. The Labute approximate surface area is 135 Å². The van der Waals surface area contributed by atoms with E-state index in [-0.39, 0.29) is 17.9 Å². The van der Waals surface area contributed by atoms with Crippen molar-refractivity contribution in [3.8, 4) is 0 Å². The zero-order valence-corrected chi connectivity index (χ0v) is 13.3. The molecule has 1 aromatic heterocycles. The van der Waals surface area contributed by atoms with Gasteiger partial charge in [0.05, 0.1) is 6.04 Å². The molecule has 1 aliphatic heterocycles. The van der Waals surface area contributed by atoms with Gasteiger partial charge in [0.25, 0.3) is 0 Å². The van der Waals surface area contributed by atoms with Crippen molar-refractivity contribution in [3.63, 3.8) is 0 Å². The van der Waals surface area contributed by atoms with Crippen LogP contribution in [0, 0.1) is 5.92 Å². The zero-order chi connectivity index (χ0) is 14.9. The maximum Gasteiger partial charge on any atom is 0.223 e. The molecule has 1 atom stereocenters. The van der Waals surface area contributed by atoms with Crippen molar-refractivity contribution in [2.75, 3.05) is 18.0 Å². The van der Waals surface area contributed by atoms with Crippen molar-refractivity contribution >= 4 is 22.9 Å². The molecule has 22 heavy (non-hydrogen) atoms. The molecule has 0 spiro atoms. The SMILES string of the molecule is O=C(NC[C@H](c1cccs1)N1CCc2ccccc21)C1CC1. The first-order valence-corrected chi connectivity index (χ1v) is 8.86. The molecule has 0 unspecified atom stereocenters. The lowest BCUT2D eigenvalue weighted by Crippen LogP contribution is -2.37. The van der Waals surface area contributed by atoms with Gasteiger partial charge in [-0.2, -0.15) is 0 Å². The highest BCUT2D eigenvalue weighted by molar-refractivity contribution is 7.10. The maximum absolute atomic E-state index is 12.0. The van der Waals surface area contributed by atoms with Crippen molar-refractivity contribution in [2.24, 2.45) is 5.92 Å². The molecule has 1 fully saturated rings. The molecule has 1 amide bonds. The molecule has 1 aromatic carbocycles. The quantitative estimate of drug-likeness (QED) is 0.918. The number of para-hydroxylation sites is 1. The van der Waals surface area contributed by atoms with E-state index in [0.29, 0.717) is 6.54 Å². The van der Waals surface area contributed by atoms with Gasteiger partial charge >= 0.3 is 0 Å². The summed E-state index contributed by atoms with van der Waals surface area (Å²) in [5, 5.41) is 5.28. The molecule has 0 saturated heterocycles. The van der Waals surface area contributed by atoms with Gasteiger partial charge in [-0.3, -0.25) is 4.79 Å². The largest absolute Gasteiger partial charge is 0.361 e. The summed E-state index contributed by atoms with van der Waals surface area (Å²) in [5.74, 6) is 0.504. The molecular formula is C18H20N2OS. The zero-order valence-electron chi connectivity index (χ0n) is 12.5. The Kier molecular flexibility index (Phi) is 3.62. The van der Waals surface area contributed by atoms with Crippen LogP contribution >= 0.6 is 11.3 Å². The number of carbonyl (C=O) groups excluding carboxylic acids is 1. The molecule has 3 nitrogen and oxygen atoms in total. The third-order valence-electron chi connectivity index (χ3n) is 4.59. The van der Waals surface area contributed by atoms with Crippen LogP contribution < -0.4 is 10.2 Å². The minimum absolute atomic E-state index is 0.231. The minimum atomic E-state index is 0.231. The summed E-state index contributed by atoms with van der Waals surface area (Å²) >= 11 is 1.78. The van der Waals surface area contributed by atoms with Crippen LogP contribution in [-0.4, -0.2) is 19.0 Å². The average molecular weight is 312 g/mol. The van der Waals surface area contributed by atoms with Gasteiger partial charge in [-0.05, 0) is 42.3 Å². The number of fused-ring (bicyclic) bond motifs is 1. The van der Waals surface area contributed by atoms with E-state index in [1.165, 1.54) is 16.1 Å². The number of rotatable bonds is 5. The number of anilines is 1. The summed E-state index contributed by atoms with van der Waals surface area (Å²) in [5.41, 5.74) is 2.74. The minimum Gasteiger partial charge on any atom is -0.361 e. The van der Waals surface area contributed by atoms with Crippen LogP contribution in [0.5, 0.6) is 0 Å². The van der Waals surface area contributed by atoms with Gasteiger partial charge in [0.1, 0.15) is 0 Å². The second kappa shape index (κ2) is 5.76. The van der Waals surface area contributed by atoms with Crippen molar-refractivity contribution in [1.29, 1.82) is 0 Å². The Morgan fingerprint density at radius 3 is 2.91 bits per heavy atom. The second-order valence-corrected chi connectivity index (χ2v) is 7.10. The summed E-state index contributed by atoms with van der Waals surface area (Å²) < 4.78 is 0. The molecule has 2 aliphatic rings. The van der Waals surface area contributed by atoms with Crippen molar-refractivity contribution in [1.82, 2.24) is 5.32 Å². The molecular weight excluding hydrogens is 292 g/mol. The van der Waals surface area contributed by atoms with Crippen molar-refractivity contribution in [3.05, 3.63) is 52.2 Å². The maximum atomic E-state index is 12.0. The molecule has 2 aromatic rings. The Morgan fingerprint density at radius 2 is 2.14 bits per heavy atom. The number of nitrogens with one attached hydrogen (secondary N) is 1. The normalized spacial score (nSPS) is 18.1. The number of carbonyl (C=O) groups is 1. The highest BCUT2D eigenvalue weighted by atomic mass is 32.1. The van der Waals surface area contributed by atoms with Gasteiger partial charge in [0.2, 0.25) is 5.91 Å². The van der Waals surface area contributed by atoms with E-state index in [4.69, 9.17) is 0 Å². The van der Waals surface area contributed by atoms with Crippen LogP contribution in [0.1, 0.15) is 29.3 Å². The molecule has 2 heterocycles. The first-order valence-electron chi connectivity index (χ1n) is 7.98. The fraction of sp³-hybridized carbons (Fsp3) is 0.389. The highest BCUT2D eigenvalue weighted by Gasteiger charge is 2.32. The van der Waals surface area contributed by atoms with E-state index >= 15 is 0 Å². The lowest BCUT2D eigenvalue weighted by molar-refractivity contribution is -0.122. The van der Waals surface area contributed by atoms with Gasteiger partial charge < -0.3 is 10.2 Å². The van der Waals surface area contributed by atoms with E-state index in [1.54, 1.807) is 11.3 Å². The first-order chi connectivity index (χ1) is 10.8. The highest BCUT2D eigenvalue weighted by Crippen LogP contribution is 2.36. The number of amides is 1. The lowest BCUT2D eigenvalue weighted by Gasteiger charge is -2.30. The molecule has 0 bridgehead atoms.